The van der Waals surface area contributed by atoms with Gasteiger partial charge < -0.3 is 10.2 Å². The van der Waals surface area contributed by atoms with Gasteiger partial charge in [-0.2, -0.15) is 0 Å². The van der Waals surface area contributed by atoms with E-state index < -0.39 is 0 Å². The van der Waals surface area contributed by atoms with Gasteiger partial charge in [0.25, 0.3) is 0 Å². The zero-order valence-corrected chi connectivity index (χ0v) is 16.1. The Hall–Kier alpha value is -4.04. The quantitative estimate of drug-likeness (QED) is 0.289. The maximum atomic E-state index is 10.9. The van der Waals surface area contributed by atoms with Crippen LogP contribution in [0.25, 0.3) is 54.2 Å². The summed E-state index contributed by atoms with van der Waals surface area (Å²) in [6.07, 6.45) is 0. The highest BCUT2D eigenvalue weighted by Gasteiger charge is 2.18. The molecular weight excluding hydrogens is 368 g/mol. The summed E-state index contributed by atoms with van der Waals surface area (Å²) in [7, 11) is 0. The van der Waals surface area contributed by atoms with Crippen LogP contribution in [0.15, 0.2) is 97.1 Å². The van der Waals surface area contributed by atoms with Crippen molar-refractivity contribution in [3.05, 3.63) is 97.1 Å². The lowest BCUT2D eigenvalue weighted by Crippen LogP contribution is -1.88. The summed E-state index contributed by atoms with van der Waals surface area (Å²) in [6.45, 7) is 0. The van der Waals surface area contributed by atoms with Crippen molar-refractivity contribution < 1.29 is 10.2 Å². The Morgan fingerprint density at radius 2 is 0.733 bits per heavy atom. The predicted molar refractivity (Wildman–Crippen MR) is 125 cm³/mol. The topological polar surface area (TPSA) is 40.5 Å². The molecule has 0 aliphatic rings. The second kappa shape index (κ2) is 6.23. The van der Waals surface area contributed by atoms with Gasteiger partial charge in [0.2, 0.25) is 0 Å². The fourth-order valence-electron chi connectivity index (χ4n) is 4.68. The van der Waals surface area contributed by atoms with Gasteiger partial charge in [0.15, 0.2) is 0 Å². The smallest absolute Gasteiger partial charge is 0.124 e. The molecule has 30 heavy (non-hydrogen) atoms. The van der Waals surface area contributed by atoms with E-state index >= 15 is 0 Å². The van der Waals surface area contributed by atoms with E-state index in [1.54, 1.807) is 12.1 Å². The van der Waals surface area contributed by atoms with Crippen LogP contribution in [-0.2, 0) is 0 Å². The first kappa shape index (κ1) is 16.9. The zero-order chi connectivity index (χ0) is 20.2. The lowest BCUT2D eigenvalue weighted by Gasteiger charge is -2.16. The molecule has 0 bridgehead atoms. The second-order valence-electron chi connectivity index (χ2n) is 7.68. The van der Waals surface area contributed by atoms with Crippen LogP contribution in [-0.4, -0.2) is 10.2 Å². The number of benzene rings is 6. The summed E-state index contributed by atoms with van der Waals surface area (Å²) in [6, 6.07) is 32.0. The molecule has 0 aliphatic heterocycles. The van der Waals surface area contributed by atoms with E-state index in [0.717, 1.165) is 43.1 Å². The third kappa shape index (κ3) is 2.31. The van der Waals surface area contributed by atoms with Crippen molar-refractivity contribution in [2.75, 3.05) is 0 Å². The molecule has 2 N–H and O–H groups in total. The minimum Gasteiger partial charge on any atom is -0.507 e. The Kier molecular flexibility index (Phi) is 3.50. The molecule has 0 aromatic heterocycles. The van der Waals surface area contributed by atoms with Crippen molar-refractivity contribution in [2.45, 2.75) is 0 Å². The number of rotatable bonds is 1. The fraction of sp³-hybridized carbons (Fsp3) is 0. The molecule has 0 radical (unpaired) electrons. The average molecular weight is 386 g/mol. The molecule has 142 valence electrons. The van der Waals surface area contributed by atoms with E-state index in [-0.39, 0.29) is 11.5 Å². The molecule has 0 spiro atoms. The van der Waals surface area contributed by atoms with Crippen LogP contribution in [0.4, 0.5) is 0 Å². The third-order valence-corrected chi connectivity index (χ3v) is 6.06. The normalized spacial score (nSPS) is 11.6. The Morgan fingerprint density at radius 3 is 1.20 bits per heavy atom. The summed E-state index contributed by atoms with van der Waals surface area (Å²) in [5.74, 6) is 0.322. The first-order valence-corrected chi connectivity index (χ1v) is 9.99. The number of phenols is 2. The highest BCUT2D eigenvalue weighted by atomic mass is 16.3. The maximum absolute atomic E-state index is 10.9. The van der Waals surface area contributed by atoms with Crippen LogP contribution in [0.3, 0.4) is 0 Å². The summed E-state index contributed by atoms with van der Waals surface area (Å²) in [4.78, 5) is 0. The number of phenolic OH excluding ortho intramolecular Hbond substituents is 2. The van der Waals surface area contributed by atoms with Crippen LogP contribution in [0.5, 0.6) is 11.5 Å². The molecule has 0 heterocycles. The molecule has 0 unspecified atom stereocenters. The Bertz CT molecular complexity index is 1490. The lowest BCUT2D eigenvalue weighted by atomic mass is 9.89. The highest BCUT2D eigenvalue weighted by Crippen LogP contribution is 2.46. The Labute approximate surface area is 173 Å². The van der Waals surface area contributed by atoms with Crippen molar-refractivity contribution in [3.8, 4) is 22.6 Å². The standard InChI is InChI=1S/C28H18O2/c29-25-15-13-21-19-7-3-1-5-17(19)9-11-23(21)27(25)28-24-12-10-18-6-2-4-8-20(18)22(24)14-16-26(28)30/h1-16,29-30H. The van der Waals surface area contributed by atoms with Crippen LogP contribution in [0, 0.1) is 0 Å². The minimum atomic E-state index is 0.161. The summed E-state index contributed by atoms with van der Waals surface area (Å²) < 4.78 is 0. The minimum absolute atomic E-state index is 0.161. The van der Waals surface area contributed by atoms with Gasteiger partial charge in [-0.15, -0.1) is 0 Å². The first-order chi connectivity index (χ1) is 14.7. The molecular formula is C28H18O2. The van der Waals surface area contributed by atoms with Crippen molar-refractivity contribution in [2.24, 2.45) is 0 Å². The SMILES string of the molecule is Oc1ccc2c(ccc3ccccc32)c1-c1c(O)ccc2c1ccc1ccccc12. The van der Waals surface area contributed by atoms with Crippen molar-refractivity contribution in [3.63, 3.8) is 0 Å². The Morgan fingerprint density at radius 1 is 0.333 bits per heavy atom. The molecule has 6 aromatic rings. The summed E-state index contributed by atoms with van der Waals surface area (Å²) in [5.41, 5.74) is 1.33. The summed E-state index contributed by atoms with van der Waals surface area (Å²) >= 11 is 0. The van der Waals surface area contributed by atoms with Gasteiger partial charge in [-0.25, -0.2) is 0 Å². The predicted octanol–water partition coefficient (Wildman–Crippen LogP) is 7.38. The van der Waals surface area contributed by atoms with E-state index in [1.165, 1.54) is 0 Å². The first-order valence-electron chi connectivity index (χ1n) is 9.99. The molecule has 0 saturated carbocycles. The molecule has 0 aliphatic carbocycles. The molecule has 2 nitrogen and oxygen atoms in total. The van der Waals surface area contributed by atoms with Gasteiger partial charge in [-0.1, -0.05) is 84.9 Å². The van der Waals surface area contributed by atoms with Crippen molar-refractivity contribution >= 4 is 43.1 Å². The van der Waals surface area contributed by atoms with Crippen LogP contribution >= 0.6 is 0 Å². The van der Waals surface area contributed by atoms with Gasteiger partial charge in [0.05, 0.1) is 0 Å². The van der Waals surface area contributed by atoms with E-state index in [0.29, 0.717) is 11.1 Å². The van der Waals surface area contributed by atoms with E-state index in [9.17, 15) is 10.2 Å². The molecule has 0 fully saturated rings. The van der Waals surface area contributed by atoms with E-state index in [4.69, 9.17) is 0 Å². The fourth-order valence-corrected chi connectivity index (χ4v) is 4.68. The average Bonchev–Trinajstić information content (AvgIpc) is 2.79. The van der Waals surface area contributed by atoms with Gasteiger partial charge in [-0.05, 0) is 55.2 Å². The summed E-state index contributed by atoms with van der Waals surface area (Å²) in [5, 5.41) is 30.3. The van der Waals surface area contributed by atoms with Crippen LogP contribution < -0.4 is 0 Å². The number of hydrogen-bond acceptors (Lipinski definition) is 2. The maximum Gasteiger partial charge on any atom is 0.124 e. The number of fused-ring (bicyclic) bond motifs is 6. The van der Waals surface area contributed by atoms with Gasteiger partial charge >= 0.3 is 0 Å². The highest BCUT2D eigenvalue weighted by molar-refractivity contribution is 6.19. The molecule has 2 heteroatoms. The van der Waals surface area contributed by atoms with Gasteiger partial charge in [0, 0.05) is 11.1 Å². The third-order valence-electron chi connectivity index (χ3n) is 6.06. The second-order valence-corrected chi connectivity index (χ2v) is 7.68. The number of aromatic hydroxyl groups is 2. The Balaban J connectivity index is 1.80. The van der Waals surface area contributed by atoms with Gasteiger partial charge in [-0.3, -0.25) is 0 Å². The molecule has 0 amide bonds. The van der Waals surface area contributed by atoms with E-state index in [1.807, 2.05) is 48.5 Å². The molecule has 6 rings (SSSR count). The molecule has 0 atom stereocenters. The van der Waals surface area contributed by atoms with Crippen LogP contribution in [0.1, 0.15) is 0 Å². The molecule has 0 saturated heterocycles. The lowest BCUT2D eigenvalue weighted by molar-refractivity contribution is 0.470. The molecule has 6 aromatic carbocycles. The zero-order valence-electron chi connectivity index (χ0n) is 16.1. The van der Waals surface area contributed by atoms with Crippen molar-refractivity contribution in [1.82, 2.24) is 0 Å². The van der Waals surface area contributed by atoms with Crippen LogP contribution in [0.2, 0.25) is 0 Å². The number of hydrogen-bond donors (Lipinski definition) is 2. The van der Waals surface area contributed by atoms with Crippen molar-refractivity contribution in [1.29, 1.82) is 0 Å². The van der Waals surface area contributed by atoms with Gasteiger partial charge in [0.1, 0.15) is 11.5 Å². The largest absolute Gasteiger partial charge is 0.507 e. The van der Waals surface area contributed by atoms with E-state index in [2.05, 4.69) is 36.4 Å². The monoisotopic (exact) mass is 386 g/mol.